The lowest BCUT2D eigenvalue weighted by Gasteiger charge is -2.36. The number of rotatable bonds is 8. The molecule has 12 heteroatoms. The number of likely N-dealkylation sites (tertiary alicyclic amines) is 1. The van der Waals surface area contributed by atoms with Crippen molar-refractivity contribution in [3.8, 4) is 11.4 Å². The Bertz CT molecular complexity index is 1410. The molecule has 42 heavy (non-hydrogen) atoms. The topological polar surface area (TPSA) is 73.7 Å². The van der Waals surface area contributed by atoms with Crippen molar-refractivity contribution in [1.29, 1.82) is 0 Å². The van der Waals surface area contributed by atoms with Crippen molar-refractivity contribution in [3.63, 3.8) is 0 Å². The number of ether oxygens (including phenoxy) is 2. The molecule has 1 saturated heterocycles. The summed E-state index contributed by atoms with van der Waals surface area (Å²) in [6, 6.07) is 9.93. The highest BCUT2D eigenvalue weighted by Gasteiger charge is 2.45. The molecule has 0 spiro atoms. The molecule has 1 unspecified atom stereocenters. The Hall–Kier alpha value is -3.96. The average Bonchev–Trinajstić information content (AvgIpc) is 3.41. The fourth-order valence-electron chi connectivity index (χ4n) is 5.26. The monoisotopic (exact) mass is 593 g/mol. The predicted octanol–water partition coefficient (Wildman–Crippen LogP) is 6.70. The van der Waals surface area contributed by atoms with Crippen LogP contribution in [0.2, 0.25) is 0 Å². The Labute approximate surface area is 240 Å². The molecule has 0 bridgehead atoms. The van der Waals surface area contributed by atoms with Gasteiger partial charge in [0.25, 0.3) is 11.8 Å². The number of amides is 1. The maximum absolute atomic E-state index is 14.3. The van der Waals surface area contributed by atoms with Gasteiger partial charge in [0.2, 0.25) is 0 Å². The van der Waals surface area contributed by atoms with E-state index in [1.807, 2.05) is 6.92 Å². The van der Waals surface area contributed by atoms with E-state index in [-0.39, 0.29) is 12.1 Å². The number of aromatic nitrogens is 2. The molecule has 0 radical (unpaired) electrons. The Balaban J connectivity index is 1.52. The van der Waals surface area contributed by atoms with Gasteiger partial charge in [0.1, 0.15) is 11.9 Å². The first kappa shape index (κ1) is 31.0. The van der Waals surface area contributed by atoms with Gasteiger partial charge in [0, 0.05) is 24.7 Å². The molecule has 1 aliphatic heterocycles. The molecule has 0 saturated carbocycles. The number of carbonyl (C=O) groups is 2. The molecule has 2 heterocycles. The van der Waals surface area contributed by atoms with E-state index in [2.05, 4.69) is 9.84 Å². The van der Waals surface area contributed by atoms with E-state index >= 15 is 0 Å². The Morgan fingerprint density at radius 1 is 1.12 bits per heavy atom. The molecule has 226 valence electrons. The van der Waals surface area contributed by atoms with Crippen LogP contribution in [0.5, 0.6) is 5.75 Å². The van der Waals surface area contributed by atoms with Crippen molar-refractivity contribution < 1.29 is 41.0 Å². The zero-order valence-corrected chi connectivity index (χ0v) is 23.7. The summed E-state index contributed by atoms with van der Waals surface area (Å²) >= 11 is 0. The number of alkyl halides is 5. The molecule has 4 rings (SSSR count). The molecule has 7 nitrogen and oxygen atoms in total. The number of aryl methyl sites for hydroxylation is 2. The number of piperidine rings is 1. The van der Waals surface area contributed by atoms with Gasteiger partial charge in [-0.15, -0.1) is 0 Å². The van der Waals surface area contributed by atoms with Gasteiger partial charge in [-0.3, -0.25) is 9.59 Å². The first-order valence-electron chi connectivity index (χ1n) is 13.5. The lowest BCUT2D eigenvalue weighted by molar-refractivity contribution is -0.154. The lowest BCUT2D eigenvalue weighted by atomic mass is 9.94. The third-order valence-corrected chi connectivity index (χ3v) is 7.19. The number of nitrogens with zero attached hydrogens (tertiary/aromatic N) is 3. The van der Waals surface area contributed by atoms with Gasteiger partial charge in [-0.25, -0.2) is 13.5 Å². The number of esters is 1. The van der Waals surface area contributed by atoms with Gasteiger partial charge in [-0.05, 0) is 61.2 Å². The Morgan fingerprint density at radius 3 is 2.31 bits per heavy atom. The van der Waals surface area contributed by atoms with Crippen molar-refractivity contribution >= 4 is 11.9 Å². The number of hydrogen-bond donors (Lipinski definition) is 0. The first-order valence-corrected chi connectivity index (χ1v) is 13.5. The third kappa shape index (κ3) is 6.91. The molecule has 1 amide bonds. The SMILES string of the molecule is CCC[C@H](Oc1cc(C)c(-n2cc(C(F)(F)F)cn2)c(C)c1)c1ccc(C(=O)N2CC(C(=O)OC)CC(F)(F)C2)cc1. The summed E-state index contributed by atoms with van der Waals surface area (Å²) < 4.78 is 79.9. The molecular formula is C30H32F5N3O4. The fourth-order valence-corrected chi connectivity index (χ4v) is 5.26. The minimum Gasteiger partial charge on any atom is -0.486 e. The van der Waals surface area contributed by atoms with Gasteiger partial charge < -0.3 is 14.4 Å². The van der Waals surface area contributed by atoms with E-state index in [0.717, 1.165) is 36.4 Å². The van der Waals surface area contributed by atoms with Crippen LogP contribution in [0, 0.1) is 19.8 Å². The van der Waals surface area contributed by atoms with Gasteiger partial charge in [-0.2, -0.15) is 18.3 Å². The van der Waals surface area contributed by atoms with Crippen LogP contribution in [0.3, 0.4) is 0 Å². The minimum atomic E-state index is -4.50. The molecule has 1 fully saturated rings. The van der Waals surface area contributed by atoms with Crippen LogP contribution in [0.25, 0.3) is 5.69 Å². The predicted molar refractivity (Wildman–Crippen MR) is 144 cm³/mol. The van der Waals surface area contributed by atoms with Gasteiger partial charge in [0.05, 0.1) is 37.0 Å². The summed E-state index contributed by atoms with van der Waals surface area (Å²) in [5.41, 5.74) is 1.97. The molecule has 0 aliphatic carbocycles. The summed E-state index contributed by atoms with van der Waals surface area (Å²) in [5.74, 6) is -5.20. The van der Waals surface area contributed by atoms with Crippen molar-refractivity contribution in [2.24, 2.45) is 5.92 Å². The summed E-state index contributed by atoms with van der Waals surface area (Å²) in [6.07, 6.45) is -2.46. The second-order valence-electron chi connectivity index (χ2n) is 10.6. The second kappa shape index (κ2) is 12.1. The quantitative estimate of drug-likeness (QED) is 0.215. The van der Waals surface area contributed by atoms with Crippen LogP contribution >= 0.6 is 0 Å². The van der Waals surface area contributed by atoms with E-state index in [1.54, 1.807) is 50.2 Å². The Kier molecular flexibility index (Phi) is 8.93. The largest absolute Gasteiger partial charge is 0.486 e. The number of hydrogen-bond acceptors (Lipinski definition) is 5. The highest BCUT2D eigenvalue weighted by atomic mass is 19.4. The Morgan fingerprint density at radius 2 is 1.76 bits per heavy atom. The van der Waals surface area contributed by atoms with Crippen LogP contribution < -0.4 is 4.74 Å². The van der Waals surface area contributed by atoms with E-state index in [9.17, 15) is 31.5 Å². The van der Waals surface area contributed by atoms with Gasteiger partial charge >= 0.3 is 12.1 Å². The zero-order valence-electron chi connectivity index (χ0n) is 23.7. The van der Waals surface area contributed by atoms with E-state index < -0.39 is 54.5 Å². The molecule has 2 atom stereocenters. The van der Waals surface area contributed by atoms with E-state index in [1.165, 1.54) is 4.68 Å². The number of methoxy groups -OCH3 is 1. The molecule has 1 aromatic heterocycles. The molecule has 3 aromatic rings. The van der Waals surface area contributed by atoms with Crippen molar-refractivity contribution in [2.75, 3.05) is 20.2 Å². The number of halogens is 5. The van der Waals surface area contributed by atoms with Crippen LogP contribution in [0.4, 0.5) is 22.0 Å². The van der Waals surface area contributed by atoms with Crippen LogP contribution in [0.1, 0.15) is 64.9 Å². The smallest absolute Gasteiger partial charge is 0.419 e. The summed E-state index contributed by atoms with van der Waals surface area (Å²) in [5, 5.41) is 3.88. The van der Waals surface area contributed by atoms with Crippen LogP contribution in [-0.2, 0) is 15.7 Å². The highest BCUT2D eigenvalue weighted by Crippen LogP contribution is 2.34. The molecule has 2 aromatic carbocycles. The third-order valence-electron chi connectivity index (χ3n) is 7.19. The zero-order chi connectivity index (χ0) is 30.8. The van der Waals surface area contributed by atoms with E-state index in [4.69, 9.17) is 4.74 Å². The highest BCUT2D eigenvalue weighted by molar-refractivity contribution is 5.94. The molecular weight excluding hydrogens is 561 g/mol. The maximum Gasteiger partial charge on any atom is 0.419 e. The molecule has 0 N–H and O–H groups in total. The second-order valence-corrected chi connectivity index (χ2v) is 10.6. The number of benzene rings is 2. The summed E-state index contributed by atoms with van der Waals surface area (Å²) in [7, 11) is 1.12. The van der Waals surface area contributed by atoms with Crippen LogP contribution in [0.15, 0.2) is 48.8 Å². The number of carbonyl (C=O) groups excluding carboxylic acids is 2. The van der Waals surface area contributed by atoms with Crippen LogP contribution in [-0.4, -0.2) is 52.7 Å². The van der Waals surface area contributed by atoms with E-state index in [0.29, 0.717) is 29.0 Å². The average molecular weight is 594 g/mol. The van der Waals surface area contributed by atoms with Gasteiger partial charge in [-0.1, -0.05) is 25.5 Å². The van der Waals surface area contributed by atoms with Crippen molar-refractivity contribution in [3.05, 3.63) is 76.6 Å². The molecule has 1 aliphatic rings. The summed E-state index contributed by atoms with van der Waals surface area (Å²) in [6.45, 7) is 4.56. The first-order chi connectivity index (χ1) is 19.7. The lowest BCUT2D eigenvalue weighted by Crippen LogP contribution is -2.51. The standard InChI is InChI=1S/C30H32F5N3O4/c1-5-6-25(42-24-11-18(2)26(19(3)12-24)38-16-23(14-36-38)30(33,34)35)20-7-9-21(10-8-20)27(39)37-15-22(28(40)41-4)13-29(31,32)17-37/h7-12,14,16,22,25H,5-6,13,15,17H2,1-4H3/t22?,25-/m0/s1. The fraction of sp³-hybridized carbons (Fsp3) is 0.433. The van der Waals surface area contributed by atoms with Crippen molar-refractivity contribution in [2.45, 2.75) is 58.2 Å². The maximum atomic E-state index is 14.3. The summed E-state index contributed by atoms with van der Waals surface area (Å²) in [4.78, 5) is 25.9. The normalized spacial score (nSPS) is 17.5. The minimum absolute atomic E-state index is 0.158. The van der Waals surface area contributed by atoms with Crippen molar-refractivity contribution in [1.82, 2.24) is 14.7 Å². The van der Waals surface area contributed by atoms with Gasteiger partial charge in [0.15, 0.2) is 0 Å².